The molecule has 6 nitrogen and oxygen atoms in total. The number of hydrogen-bond acceptors (Lipinski definition) is 6. The maximum atomic E-state index is 12.4. The van der Waals surface area contributed by atoms with Crippen LogP contribution in [-0.2, 0) is 20.9 Å². The second-order valence-corrected chi connectivity index (χ2v) is 8.23. The summed E-state index contributed by atoms with van der Waals surface area (Å²) in [4.78, 5) is 28.6. The summed E-state index contributed by atoms with van der Waals surface area (Å²) in [6.45, 7) is 3.45. The first-order valence-corrected chi connectivity index (χ1v) is 11.0. The number of rotatable bonds is 8. The monoisotopic (exact) mass is 441 g/mol. The molecule has 1 aromatic heterocycles. The number of nitrogens with zero attached hydrogens (tertiary/aromatic N) is 1. The lowest BCUT2D eigenvalue weighted by Crippen LogP contribution is -2.19. The number of nitrogens with two attached hydrogens (primary N) is 1. The van der Waals surface area contributed by atoms with Gasteiger partial charge in [-0.3, -0.25) is 4.79 Å². The molecule has 0 saturated heterocycles. The van der Waals surface area contributed by atoms with Crippen molar-refractivity contribution in [1.82, 2.24) is 4.98 Å². The van der Waals surface area contributed by atoms with Crippen LogP contribution >= 0.6 is 0 Å². The Morgan fingerprint density at radius 3 is 2.24 bits per heavy atom. The predicted octanol–water partition coefficient (Wildman–Crippen LogP) is 5.76. The van der Waals surface area contributed by atoms with E-state index in [-0.39, 0.29) is 24.8 Å². The molecule has 4 aromatic rings. The number of benzene rings is 3. The van der Waals surface area contributed by atoms with Gasteiger partial charge in [0.25, 0.3) is 0 Å². The number of fused-ring (bicyclic) bond motifs is 2. The van der Waals surface area contributed by atoms with Crippen molar-refractivity contribution in [1.29, 1.82) is 0 Å². The first kappa shape index (κ1) is 22.3. The highest BCUT2D eigenvalue weighted by atomic mass is 16.5. The molecule has 0 fully saturated rings. The molecular weight excluding hydrogens is 414 g/mol. The van der Waals surface area contributed by atoms with Crippen LogP contribution in [-0.4, -0.2) is 16.7 Å². The quantitative estimate of drug-likeness (QED) is 0.205. The van der Waals surface area contributed by atoms with Gasteiger partial charge < -0.3 is 20.6 Å². The lowest BCUT2D eigenvalue weighted by Gasteiger charge is -2.16. The molecule has 0 amide bonds. The molecule has 1 atom stereocenters. The fourth-order valence-electron chi connectivity index (χ4n) is 4.01. The number of carbonyl (C=O) groups excluding carboxylic acids is 2. The average molecular weight is 442 g/mol. The first-order chi connectivity index (χ1) is 15.9. The number of pyridine rings is 1. The number of para-hydroxylation sites is 2. The standard InChI is InChI=1S/C27H27N3O3/c1-3-19(12-17(2)31)27(32)33-16-18-13-20(28)15-21(14-18)29-26-22-8-4-6-10-24(22)30-25-11-7-5-9-23(25)26/h4-11,13-15,19H,3,12,16,28H2,1-2H3,(H,29,30). The van der Waals surface area contributed by atoms with Gasteiger partial charge in [0.1, 0.15) is 12.4 Å². The van der Waals surface area contributed by atoms with Gasteiger partial charge in [0.15, 0.2) is 0 Å². The molecule has 1 unspecified atom stereocenters. The Morgan fingerprint density at radius 2 is 1.64 bits per heavy atom. The van der Waals surface area contributed by atoms with E-state index in [0.29, 0.717) is 12.1 Å². The molecule has 0 radical (unpaired) electrons. The minimum atomic E-state index is -0.421. The summed E-state index contributed by atoms with van der Waals surface area (Å²) >= 11 is 0. The third kappa shape index (κ3) is 5.12. The van der Waals surface area contributed by atoms with E-state index in [1.807, 2.05) is 67.6 Å². The summed E-state index contributed by atoms with van der Waals surface area (Å²) in [6.07, 6.45) is 0.756. The zero-order chi connectivity index (χ0) is 23.4. The topological polar surface area (TPSA) is 94.3 Å². The smallest absolute Gasteiger partial charge is 0.309 e. The lowest BCUT2D eigenvalue weighted by atomic mass is 10.0. The highest BCUT2D eigenvalue weighted by molar-refractivity contribution is 6.08. The van der Waals surface area contributed by atoms with E-state index >= 15 is 0 Å². The van der Waals surface area contributed by atoms with Crippen molar-refractivity contribution < 1.29 is 14.3 Å². The van der Waals surface area contributed by atoms with Crippen LogP contribution in [0.1, 0.15) is 32.3 Å². The molecule has 3 N–H and O–H groups in total. The van der Waals surface area contributed by atoms with Gasteiger partial charge in [-0.25, -0.2) is 4.98 Å². The van der Waals surface area contributed by atoms with Gasteiger partial charge >= 0.3 is 5.97 Å². The highest BCUT2D eigenvalue weighted by Crippen LogP contribution is 2.33. The molecule has 33 heavy (non-hydrogen) atoms. The van der Waals surface area contributed by atoms with Crippen molar-refractivity contribution in [2.24, 2.45) is 5.92 Å². The fourth-order valence-corrected chi connectivity index (χ4v) is 4.01. The van der Waals surface area contributed by atoms with Gasteiger partial charge in [0.05, 0.1) is 22.6 Å². The van der Waals surface area contributed by atoms with Crippen LogP contribution in [0.25, 0.3) is 21.8 Å². The second-order valence-electron chi connectivity index (χ2n) is 8.23. The molecule has 0 aliphatic rings. The van der Waals surface area contributed by atoms with Gasteiger partial charge in [0, 0.05) is 28.6 Å². The van der Waals surface area contributed by atoms with Crippen LogP contribution in [0, 0.1) is 5.92 Å². The molecule has 6 heteroatoms. The number of aromatic nitrogens is 1. The Kier molecular flexibility index (Phi) is 6.54. The number of hydrogen-bond donors (Lipinski definition) is 2. The zero-order valence-corrected chi connectivity index (χ0v) is 18.8. The van der Waals surface area contributed by atoms with Crippen molar-refractivity contribution in [3.05, 3.63) is 72.3 Å². The summed E-state index contributed by atoms with van der Waals surface area (Å²) in [7, 11) is 0. The molecule has 0 saturated carbocycles. The van der Waals surface area contributed by atoms with E-state index in [9.17, 15) is 9.59 Å². The van der Waals surface area contributed by atoms with Crippen LogP contribution in [0.3, 0.4) is 0 Å². The maximum absolute atomic E-state index is 12.4. The molecule has 1 heterocycles. The maximum Gasteiger partial charge on any atom is 0.309 e. The van der Waals surface area contributed by atoms with E-state index in [2.05, 4.69) is 5.32 Å². The number of esters is 1. The number of nitrogen functional groups attached to an aromatic ring is 1. The van der Waals surface area contributed by atoms with Crippen LogP contribution < -0.4 is 11.1 Å². The Hall–Kier alpha value is -3.93. The zero-order valence-electron chi connectivity index (χ0n) is 18.8. The lowest BCUT2D eigenvalue weighted by molar-refractivity contribution is -0.151. The van der Waals surface area contributed by atoms with Gasteiger partial charge in [-0.2, -0.15) is 0 Å². The Balaban J connectivity index is 1.62. The summed E-state index contributed by atoms with van der Waals surface area (Å²) in [5.74, 6) is -0.808. The van der Waals surface area contributed by atoms with Gasteiger partial charge in [-0.1, -0.05) is 43.3 Å². The SMILES string of the molecule is CCC(CC(C)=O)C(=O)OCc1cc(N)cc(Nc2c3ccccc3nc3ccccc23)c1. The molecule has 3 aromatic carbocycles. The molecule has 168 valence electrons. The third-order valence-electron chi connectivity index (χ3n) is 5.61. The highest BCUT2D eigenvalue weighted by Gasteiger charge is 2.20. The minimum absolute atomic E-state index is 0.0222. The molecule has 0 aliphatic heterocycles. The van der Waals surface area contributed by atoms with Crippen LogP contribution in [0.4, 0.5) is 17.1 Å². The summed E-state index contributed by atoms with van der Waals surface area (Å²) < 4.78 is 5.50. The van der Waals surface area contributed by atoms with Crippen molar-refractivity contribution in [3.63, 3.8) is 0 Å². The third-order valence-corrected chi connectivity index (χ3v) is 5.61. The van der Waals surface area contributed by atoms with Gasteiger partial charge in [-0.15, -0.1) is 0 Å². The van der Waals surface area contributed by atoms with E-state index in [1.165, 1.54) is 6.92 Å². The van der Waals surface area contributed by atoms with Crippen molar-refractivity contribution in [2.75, 3.05) is 11.1 Å². The van der Waals surface area contributed by atoms with Gasteiger partial charge in [-0.05, 0) is 49.2 Å². The number of ether oxygens (including phenoxy) is 1. The Labute approximate surface area is 192 Å². The molecule has 0 spiro atoms. The molecule has 0 aliphatic carbocycles. The number of Topliss-reactive ketones (excluding diaryl/α,β-unsaturated/α-hetero) is 1. The second kappa shape index (κ2) is 9.69. The summed E-state index contributed by atoms with van der Waals surface area (Å²) in [5, 5.41) is 5.52. The largest absolute Gasteiger partial charge is 0.461 e. The Morgan fingerprint density at radius 1 is 1.00 bits per heavy atom. The number of carbonyl (C=O) groups is 2. The fraction of sp³-hybridized carbons (Fsp3) is 0.222. The van der Waals surface area contributed by atoms with Crippen molar-refractivity contribution >= 4 is 50.6 Å². The number of anilines is 3. The van der Waals surface area contributed by atoms with Crippen molar-refractivity contribution in [2.45, 2.75) is 33.3 Å². The molecule has 4 rings (SSSR count). The number of ketones is 1. The van der Waals surface area contributed by atoms with E-state index in [4.69, 9.17) is 15.5 Å². The average Bonchev–Trinajstić information content (AvgIpc) is 2.80. The van der Waals surface area contributed by atoms with E-state index in [1.54, 1.807) is 6.07 Å². The Bertz CT molecular complexity index is 1280. The normalized spacial score (nSPS) is 11.9. The first-order valence-electron chi connectivity index (χ1n) is 11.0. The van der Waals surface area contributed by atoms with Gasteiger partial charge in [0.2, 0.25) is 0 Å². The van der Waals surface area contributed by atoms with E-state index < -0.39 is 5.92 Å². The van der Waals surface area contributed by atoms with Crippen LogP contribution in [0.5, 0.6) is 0 Å². The number of nitrogens with one attached hydrogen (secondary N) is 1. The van der Waals surface area contributed by atoms with E-state index in [0.717, 1.165) is 38.7 Å². The van der Waals surface area contributed by atoms with Crippen molar-refractivity contribution in [3.8, 4) is 0 Å². The molecule has 0 bridgehead atoms. The summed E-state index contributed by atoms with van der Waals surface area (Å²) in [6, 6.07) is 21.5. The predicted molar refractivity (Wildman–Crippen MR) is 132 cm³/mol. The summed E-state index contributed by atoms with van der Waals surface area (Å²) in [5.41, 5.74) is 11.0. The molecular formula is C27H27N3O3. The van der Waals surface area contributed by atoms with Crippen LogP contribution in [0.15, 0.2) is 66.7 Å². The van der Waals surface area contributed by atoms with Crippen LogP contribution in [0.2, 0.25) is 0 Å². The minimum Gasteiger partial charge on any atom is -0.461 e.